The summed E-state index contributed by atoms with van der Waals surface area (Å²) in [6.45, 7) is 0. The molecule has 1 rings (SSSR count). The average Bonchev–Trinajstić information content (AvgIpc) is 2.17. The summed E-state index contributed by atoms with van der Waals surface area (Å²) in [4.78, 5) is -0.174. The van der Waals surface area contributed by atoms with Crippen LogP contribution in [0.25, 0.3) is 0 Å². The fraction of sp³-hybridized carbons (Fsp3) is 0.222. The molecule has 0 N–H and O–H groups in total. The van der Waals surface area contributed by atoms with Crippen molar-refractivity contribution in [3.8, 4) is 6.07 Å². The summed E-state index contributed by atoms with van der Waals surface area (Å²) in [7, 11) is -3.59. The van der Waals surface area contributed by atoms with E-state index in [1.807, 2.05) is 0 Å². The zero-order valence-electron chi connectivity index (χ0n) is 7.57. The van der Waals surface area contributed by atoms with Gasteiger partial charge < -0.3 is 0 Å². The van der Waals surface area contributed by atoms with Crippen molar-refractivity contribution in [3.63, 3.8) is 0 Å². The molecule has 0 saturated heterocycles. The second kappa shape index (κ2) is 4.60. The summed E-state index contributed by atoms with van der Waals surface area (Å²) >= 11 is 5.33. The van der Waals surface area contributed by atoms with Gasteiger partial charge in [-0.15, -0.1) is 11.6 Å². The second-order valence-corrected chi connectivity index (χ2v) is 5.22. The zero-order chi connectivity index (χ0) is 11.5. The second-order valence-electron chi connectivity index (χ2n) is 2.76. The number of hydrogen-bond donors (Lipinski definition) is 0. The van der Waals surface area contributed by atoms with Crippen LogP contribution in [-0.2, 0) is 9.84 Å². The Labute approximate surface area is 92.0 Å². The third-order valence-electron chi connectivity index (χ3n) is 1.74. The van der Waals surface area contributed by atoms with Crippen molar-refractivity contribution >= 4 is 21.4 Å². The first kappa shape index (κ1) is 12.0. The maximum Gasteiger partial charge on any atom is 0.180 e. The number of hydrogen-bond acceptors (Lipinski definition) is 3. The summed E-state index contributed by atoms with van der Waals surface area (Å²) in [5.74, 6) is -0.976. The molecule has 3 nitrogen and oxygen atoms in total. The minimum absolute atomic E-state index is 0.0649. The molecule has 0 aromatic heterocycles. The molecule has 0 aliphatic heterocycles. The first-order valence-electron chi connectivity index (χ1n) is 3.99. The number of halogens is 2. The van der Waals surface area contributed by atoms with E-state index in [1.54, 1.807) is 6.07 Å². The fourth-order valence-electron chi connectivity index (χ4n) is 1.07. The van der Waals surface area contributed by atoms with Crippen molar-refractivity contribution in [1.29, 1.82) is 5.26 Å². The van der Waals surface area contributed by atoms with Crippen LogP contribution in [0.2, 0.25) is 0 Å². The molecule has 0 aliphatic carbocycles. The predicted octanol–water partition coefficient (Wildman–Crippen LogP) is 1.71. The van der Waals surface area contributed by atoms with Crippen LogP contribution in [0.5, 0.6) is 0 Å². The molecular formula is C9H7ClFNO2S. The predicted molar refractivity (Wildman–Crippen MR) is 53.9 cm³/mol. The lowest BCUT2D eigenvalue weighted by atomic mass is 10.2. The molecule has 6 heteroatoms. The first-order chi connectivity index (χ1) is 7.01. The van der Waals surface area contributed by atoms with Crippen molar-refractivity contribution in [2.45, 2.75) is 4.90 Å². The van der Waals surface area contributed by atoms with Gasteiger partial charge in [-0.25, -0.2) is 12.8 Å². The maximum atomic E-state index is 12.7. The van der Waals surface area contributed by atoms with Crippen molar-refractivity contribution in [1.82, 2.24) is 0 Å². The number of nitriles is 1. The Kier molecular flexibility index (Phi) is 3.66. The Morgan fingerprint density at radius 2 is 2.13 bits per heavy atom. The third kappa shape index (κ3) is 2.67. The Bertz CT molecular complexity index is 507. The topological polar surface area (TPSA) is 57.9 Å². The van der Waals surface area contributed by atoms with Crippen molar-refractivity contribution in [2.24, 2.45) is 0 Å². The smallest absolute Gasteiger partial charge is 0.180 e. The highest BCUT2D eigenvalue weighted by Gasteiger charge is 2.18. The van der Waals surface area contributed by atoms with Crippen LogP contribution in [0.4, 0.5) is 4.39 Å². The van der Waals surface area contributed by atoms with E-state index < -0.39 is 15.7 Å². The van der Waals surface area contributed by atoms with Gasteiger partial charge in [0.25, 0.3) is 0 Å². The Morgan fingerprint density at radius 1 is 1.47 bits per heavy atom. The Hall–Kier alpha value is -1.12. The normalized spacial score (nSPS) is 11.0. The van der Waals surface area contributed by atoms with Crippen molar-refractivity contribution < 1.29 is 12.8 Å². The molecule has 0 unspecified atom stereocenters. The van der Waals surface area contributed by atoms with Crippen LogP contribution in [0.15, 0.2) is 23.1 Å². The molecule has 80 valence electrons. The van der Waals surface area contributed by atoms with Gasteiger partial charge in [-0.05, 0) is 18.2 Å². The monoisotopic (exact) mass is 247 g/mol. The van der Waals surface area contributed by atoms with Crippen LogP contribution in [0.3, 0.4) is 0 Å². The van der Waals surface area contributed by atoms with E-state index in [1.165, 1.54) is 0 Å². The number of rotatable bonds is 3. The van der Waals surface area contributed by atoms with Gasteiger partial charge in [0, 0.05) is 5.88 Å². The molecule has 0 aliphatic rings. The van der Waals surface area contributed by atoms with Gasteiger partial charge in [-0.1, -0.05) is 0 Å². The van der Waals surface area contributed by atoms with E-state index in [0.29, 0.717) is 0 Å². The standard InChI is InChI=1S/C9H7ClFNO2S/c10-3-4-15(13,14)9-2-1-8(11)5-7(9)6-12/h1-2,5H,3-4H2. The highest BCUT2D eigenvalue weighted by Crippen LogP contribution is 2.17. The number of sulfone groups is 1. The highest BCUT2D eigenvalue weighted by atomic mass is 35.5. The molecule has 15 heavy (non-hydrogen) atoms. The van der Waals surface area contributed by atoms with Crippen molar-refractivity contribution in [3.05, 3.63) is 29.6 Å². The summed E-state index contributed by atoms with van der Waals surface area (Å²) < 4.78 is 35.9. The third-order valence-corrected chi connectivity index (χ3v) is 3.92. The molecule has 0 saturated carbocycles. The molecule has 1 aromatic rings. The summed E-state index contributed by atoms with van der Waals surface area (Å²) in [6.07, 6.45) is 0. The molecular weight excluding hydrogens is 241 g/mol. The molecule has 0 spiro atoms. The summed E-state index contributed by atoms with van der Waals surface area (Å²) in [5, 5.41) is 8.66. The van der Waals surface area contributed by atoms with Gasteiger partial charge in [0.2, 0.25) is 0 Å². The molecule has 0 fully saturated rings. The molecule has 1 aromatic carbocycles. The summed E-state index contributed by atoms with van der Waals surface area (Å²) in [5.41, 5.74) is -0.194. The van der Waals surface area contributed by atoms with Crippen LogP contribution in [0.1, 0.15) is 5.56 Å². The number of benzene rings is 1. The van der Waals surface area contributed by atoms with E-state index in [9.17, 15) is 12.8 Å². The van der Waals surface area contributed by atoms with Gasteiger partial charge in [-0.3, -0.25) is 0 Å². The summed E-state index contributed by atoms with van der Waals surface area (Å²) in [6, 6.07) is 4.61. The van der Waals surface area contributed by atoms with Crippen molar-refractivity contribution in [2.75, 3.05) is 11.6 Å². The molecule has 0 heterocycles. The van der Waals surface area contributed by atoms with Crippen LogP contribution in [-0.4, -0.2) is 20.1 Å². The lowest BCUT2D eigenvalue weighted by Gasteiger charge is -2.03. The van der Waals surface area contributed by atoms with E-state index in [-0.39, 0.29) is 22.1 Å². The van der Waals surface area contributed by atoms with E-state index >= 15 is 0 Å². The van der Waals surface area contributed by atoms with Gasteiger partial charge in [0.05, 0.1) is 16.2 Å². The first-order valence-corrected chi connectivity index (χ1v) is 6.18. The van der Waals surface area contributed by atoms with Gasteiger partial charge in [0.15, 0.2) is 9.84 Å². The molecule has 0 bridgehead atoms. The molecule has 0 atom stereocenters. The quantitative estimate of drug-likeness (QED) is 0.604. The Morgan fingerprint density at radius 3 is 2.67 bits per heavy atom. The molecule has 0 radical (unpaired) electrons. The van der Waals surface area contributed by atoms with E-state index in [2.05, 4.69) is 0 Å². The highest BCUT2D eigenvalue weighted by molar-refractivity contribution is 7.91. The average molecular weight is 248 g/mol. The van der Waals surface area contributed by atoms with Crippen LogP contribution >= 0.6 is 11.6 Å². The SMILES string of the molecule is N#Cc1cc(F)ccc1S(=O)(=O)CCCl. The lowest BCUT2D eigenvalue weighted by Crippen LogP contribution is -2.09. The van der Waals surface area contributed by atoms with Gasteiger partial charge in [0.1, 0.15) is 11.9 Å². The van der Waals surface area contributed by atoms with Gasteiger partial charge >= 0.3 is 0 Å². The van der Waals surface area contributed by atoms with E-state index in [0.717, 1.165) is 18.2 Å². The fourth-order valence-corrected chi connectivity index (χ4v) is 2.82. The largest absolute Gasteiger partial charge is 0.224 e. The minimum atomic E-state index is -3.59. The molecule has 0 amide bonds. The van der Waals surface area contributed by atoms with Crippen LogP contribution in [0, 0.1) is 17.1 Å². The zero-order valence-corrected chi connectivity index (χ0v) is 9.15. The van der Waals surface area contributed by atoms with Crippen LogP contribution < -0.4 is 0 Å². The number of alkyl halides is 1. The minimum Gasteiger partial charge on any atom is -0.224 e. The number of nitrogens with zero attached hydrogens (tertiary/aromatic N) is 1. The Balaban J connectivity index is 3.33. The van der Waals surface area contributed by atoms with Gasteiger partial charge in [-0.2, -0.15) is 5.26 Å². The maximum absolute atomic E-state index is 12.7. The van der Waals surface area contributed by atoms with E-state index in [4.69, 9.17) is 16.9 Å². The lowest BCUT2D eigenvalue weighted by molar-refractivity contribution is 0.595.